The van der Waals surface area contributed by atoms with Crippen LogP contribution in [0, 0.1) is 5.92 Å². The minimum atomic E-state index is 0.381. The summed E-state index contributed by atoms with van der Waals surface area (Å²) in [5.41, 5.74) is 7.48. The molecule has 2 N–H and O–H groups in total. The van der Waals surface area contributed by atoms with Crippen LogP contribution in [0.1, 0.15) is 51.1 Å². The molecule has 1 atom stereocenters. The van der Waals surface area contributed by atoms with Gasteiger partial charge in [-0.25, -0.2) is 0 Å². The first-order valence-electron chi connectivity index (χ1n) is 7.73. The van der Waals surface area contributed by atoms with Crippen LogP contribution in [-0.2, 0) is 0 Å². The number of nitrogens with two attached hydrogens (primary N) is 1. The number of benzene rings is 1. The van der Waals surface area contributed by atoms with Gasteiger partial charge in [0.05, 0.1) is 0 Å². The Hall–Kier alpha value is -0.860. The molecule has 106 valence electrons. The zero-order chi connectivity index (χ0) is 13.7. The smallest absolute Gasteiger partial charge is 0.0473 e. The van der Waals surface area contributed by atoms with Crippen LogP contribution in [-0.4, -0.2) is 24.0 Å². The van der Waals surface area contributed by atoms with E-state index in [1.165, 1.54) is 31.2 Å². The number of hydrogen-bond donors (Lipinski definition) is 1. The van der Waals surface area contributed by atoms with Gasteiger partial charge in [-0.05, 0) is 24.3 Å². The summed E-state index contributed by atoms with van der Waals surface area (Å²) in [7, 11) is 0. The fraction of sp³-hybridized carbons (Fsp3) is 0.647. The van der Waals surface area contributed by atoms with E-state index in [1.54, 1.807) is 0 Å². The lowest BCUT2D eigenvalue weighted by molar-refractivity contribution is 0.121. The highest BCUT2D eigenvalue weighted by Crippen LogP contribution is 2.31. The van der Waals surface area contributed by atoms with E-state index >= 15 is 0 Å². The fourth-order valence-corrected chi connectivity index (χ4v) is 3.33. The van der Waals surface area contributed by atoms with E-state index in [4.69, 9.17) is 5.73 Å². The predicted octanol–water partition coefficient (Wildman–Crippen LogP) is 3.59. The highest BCUT2D eigenvalue weighted by Gasteiger charge is 2.29. The van der Waals surface area contributed by atoms with Crippen molar-refractivity contribution in [3.63, 3.8) is 0 Å². The molecule has 0 aliphatic heterocycles. The Balaban J connectivity index is 2.18. The molecule has 1 aliphatic rings. The molecule has 0 spiro atoms. The molecule has 19 heavy (non-hydrogen) atoms. The van der Waals surface area contributed by atoms with Crippen LogP contribution in [0.3, 0.4) is 0 Å². The molecule has 0 saturated heterocycles. The summed E-state index contributed by atoms with van der Waals surface area (Å²) >= 11 is 0. The van der Waals surface area contributed by atoms with Crippen LogP contribution in [0.4, 0.5) is 0 Å². The fourth-order valence-electron chi connectivity index (χ4n) is 3.33. The van der Waals surface area contributed by atoms with Crippen LogP contribution in [0.2, 0.25) is 0 Å². The van der Waals surface area contributed by atoms with E-state index in [1.807, 2.05) is 0 Å². The molecule has 2 nitrogen and oxygen atoms in total. The van der Waals surface area contributed by atoms with Gasteiger partial charge < -0.3 is 5.73 Å². The Morgan fingerprint density at radius 1 is 1.16 bits per heavy atom. The average Bonchev–Trinajstić information content (AvgIpc) is 2.93. The minimum absolute atomic E-state index is 0.381. The largest absolute Gasteiger partial charge is 0.329 e. The van der Waals surface area contributed by atoms with Gasteiger partial charge in [-0.1, -0.05) is 57.0 Å². The molecule has 0 bridgehead atoms. The maximum Gasteiger partial charge on any atom is 0.0473 e. The summed E-state index contributed by atoms with van der Waals surface area (Å²) < 4.78 is 0. The number of nitrogens with zero attached hydrogens (tertiary/aromatic N) is 1. The van der Waals surface area contributed by atoms with Crippen molar-refractivity contribution in [3.05, 3.63) is 35.9 Å². The van der Waals surface area contributed by atoms with Gasteiger partial charge in [0.1, 0.15) is 0 Å². The van der Waals surface area contributed by atoms with Crippen molar-refractivity contribution in [1.29, 1.82) is 0 Å². The molecule has 1 saturated carbocycles. The summed E-state index contributed by atoms with van der Waals surface area (Å²) in [6, 6.07) is 11.9. The zero-order valence-electron chi connectivity index (χ0n) is 12.4. The third-order valence-corrected chi connectivity index (χ3v) is 4.18. The second kappa shape index (κ2) is 7.06. The van der Waals surface area contributed by atoms with Crippen LogP contribution >= 0.6 is 0 Å². The van der Waals surface area contributed by atoms with E-state index < -0.39 is 0 Å². The van der Waals surface area contributed by atoms with Gasteiger partial charge in [0, 0.05) is 25.2 Å². The summed E-state index contributed by atoms with van der Waals surface area (Å²) in [6.45, 7) is 6.48. The molecule has 2 rings (SSSR count). The molecular weight excluding hydrogens is 232 g/mol. The second-order valence-electron chi connectivity index (χ2n) is 6.19. The van der Waals surface area contributed by atoms with Crippen molar-refractivity contribution in [2.75, 3.05) is 13.1 Å². The van der Waals surface area contributed by atoms with E-state index in [2.05, 4.69) is 49.1 Å². The maximum atomic E-state index is 6.11. The molecule has 0 radical (unpaired) electrons. The Morgan fingerprint density at radius 3 is 2.32 bits per heavy atom. The lowest BCUT2D eigenvalue weighted by Crippen LogP contribution is -2.42. The molecule has 1 fully saturated rings. The van der Waals surface area contributed by atoms with E-state index in [9.17, 15) is 0 Å². The van der Waals surface area contributed by atoms with Gasteiger partial charge in [-0.15, -0.1) is 0 Å². The molecule has 0 heterocycles. The van der Waals surface area contributed by atoms with Crippen LogP contribution in [0.5, 0.6) is 0 Å². The molecule has 2 heteroatoms. The topological polar surface area (TPSA) is 29.3 Å². The third-order valence-electron chi connectivity index (χ3n) is 4.18. The van der Waals surface area contributed by atoms with Gasteiger partial charge >= 0.3 is 0 Å². The van der Waals surface area contributed by atoms with Crippen LogP contribution in [0.25, 0.3) is 0 Å². The van der Waals surface area contributed by atoms with E-state index in [0.29, 0.717) is 18.5 Å². The quantitative estimate of drug-likeness (QED) is 0.847. The normalized spacial score (nSPS) is 18.4. The van der Waals surface area contributed by atoms with Crippen LogP contribution in [0.15, 0.2) is 30.3 Å². The predicted molar refractivity (Wildman–Crippen MR) is 82.0 cm³/mol. The van der Waals surface area contributed by atoms with Crippen molar-refractivity contribution >= 4 is 0 Å². The molecule has 1 aliphatic carbocycles. The lowest BCUT2D eigenvalue weighted by atomic mass is 10.0. The lowest BCUT2D eigenvalue weighted by Gasteiger charge is -2.37. The van der Waals surface area contributed by atoms with E-state index in [0.717, 1.165) is 12.6 Å². The summed E-state index contributed by atoms with van der Waals surface area (Å²) in [6.07, 6.45) is 5.45. The van der Waals surface area contributed by atoms with Gasteiger partial charge in [0.2, 0.25) is 0 Å². The Morgan fingerprint density at radius 2 is 1.79 bits per heavy atom. The number of rotatable bonds is 6. The Kier molecular flexibility index (Phi) is 5.41. The Bertz CT molecular complexity index is 355. The Labute approximate surface area is 118 Å². The van der Waals surface area contributed by atoms with Crippen molar-refractivity contribution in [1.82, 2.24) is 4.90 Å². The summed E-state index contributed by atoms with van der Waals surface area (Å²) in [5.74, 6) is 0.693. The van der Waals surface area contributed by atoms with Crippen molar-refractivity contribution in [2.45, 2.75) is 51.6 Å². The second-order valence-corrected chi connectivity index (χ2v) is 6.19. The highest BCUT2D eigenvalue weighted by atomic mass is 15.2. The summed E-state index contributed by atoms with van der Waals surface area (Å²) in [5, 5.41) is 0. The third kappa shape index (κ3) is 3.80. The molecular formula is C17H28N2. The number of hydrogen-bond acceptors (Lipinski definition) is 2. The van der Waals surface area contributed by atoms with Gasteiger partial charge in [-0.3, -0.25) is 4.90 Å². The molecule has 1 unspecified atom stereocenters. The monoisotopic (exact) mass is 260 g/mol. The SMILES string of the molecule is CC(C)CN(C1CCCC1)C(CN)c1ccccc1. The van der Waals surface area contributed by atoms with E-state index in [-0.39, 0.29) is 0 Å². The molecule has 1 aromatic carbocycles. The van der Waals surface area contributed by atoms with Crippen molar-refractivity contribution in [3.8, 4) is 0 Å². The maximum absolute atomic E-state index is 6.11. The minimum Gasteiger partial charge on any atom is -0.329 e. The first-order valence-corrected chi connectivity index (χ1v) is 7.73. The van der Waals surface area contributed by atoms with Gasteiger partial charge in [0.15, 0.2) is 0 Å². The molecule has 0 aromatic heterocycles. The highest BCUT2D eigenvalue weighted by molar-refractivity contribution is 5.19. The summed E-state index contributed by atoms with van der Waals surface area (Å²) in [4.78, 5) is 2.67. The standard InChI is InChI=1S/C17H28N2/c1-14(2)13-19(16-10-6-7-11-16)17(12-18)15-8-4-3-5-9-15/h3-5,8-9,14,16-17H,6-7,10-13,18H2,1-2H3. The molecule has 1 aromatic rings. The first-order chi connectivity index (χ1) is 9.22. The molecule has 0 amide bonds. The van der Waals surface area contributed by atoms with Crippen molar-refractivity contribution in [2.24, 2.45) is 11.7 Å². The first kappa shape index (κ1) is 14.5. The van der Waals surface area contributed by atoms with Crippen LogP contribution < -0.4 is 5.73 Å². The van der Waals surface area contributed by atoms with Gasteiger partial charge in [0.25, 0.3) is 0 Å². The van der Waals surface area contributed by atoms with Gasteiger partial charge in [-0.2, -0.15) is 0 Å². The zero-order valence-corrected chi connectivity index (χ0v) is 12.4. The average molecular weight is 260 g/mol. The van der Waals surface area contributed by atoms with Crippen molar-refractivity contribution < 1.29 is 0 Å².